The van der Waals surface area contributed by atoms with Crippen molar-refractivity contribution in [2.24, 2.45) is 7.05 Å². The quantitative estimate of drug-likeness (QED) is 0.244. The summed E-state index contributed by atoms with van der Waals surface area (Å²) in [4.78, 5) is 72.5. The van der Waals surface area contributed by atoms with Gasteiger partial charge in [0.1, 0.15) is 11.4 Å². The molecule has 3 aliphatic rings. The zero-order chi connectivity index (χ0) is 34.2. The summed E-state index contributed by atoms with van der Waals surface area (Å²) in [6.07, 6.45) is 3.23. The third kappa shape index (κ3) is 4.52. The van der Waals surface area contributed by atoms with Crippen LogP contribution in [0.15, 0.2) is 79.2 Å². The summed E-state index contributed by atoms with van der Waals surface area (Å²) in [7, 11) is 4.61. The molecule has 0 amide bonds. The van der Waals surface area contributed by atoms with Gasteiger partial charge in [-0.2, -0.15) is 0 Å². The molecule has 0 saturated carbocycles. The fourth-order valence-corrected chi connectivity index (χ4v) is 7.20. The van der Waals surface area contributed by atoms with Crippen molar-refractivity contribution in [3.05, 3.63) is 113 Å². The fourth-order valence-electron chi connectivity index (χ4n) is 7.20. The molecule has 1 aliphatic heterocycles. The molecule has 13 nitrogen and oxygen atoms in total. The molecule has 0 fully saturated rings. The number of aryl methyl sites for hydroxylation is 3. The number of aromatic hydroxyl groups is 1. The summed E-state index contributed by atoms with van der Waals surface area (Å²) in [6, 6.07) is 7.65. The molecule has 246 valence electrons. The molecule has 0 saturated heterocycles. The number of carbonyl (C=O) groups is 2. The normalized spacial score (nSPS) is 18.7. The Morgan fingerprint density at radius 1 is 0.979 bits per heavy atom. The van der Waals surface area contributed by atoms with Gasteiger partial charge in [0.2, 0.25) is 0 Å². The van der Waals surface area contributed by atoms with Gasteiger partial charge in [-0.25, -0.2) is 28.5 Å². The zero-order valence-electron chi connectivity index (χ0n) is 27.1. The van der Waals surface area contributed by atoms with E-state index in [4.69, 9.17) is 9.47 Å². The lowest BCUT2D eigenvalue weighted by Gasteiger charge is -2.39. The molecule has 7 rings (SSSR count). The number of benzene rings is 2. The minimum atomic E-state index is -0.712. The topological polar surface area (TPSA) is 157 Å². The van der Waals surface area contributed by atoms with Crippen LogP contribution in [0.5, 0.6) is 17.2 Å². The summed E-state index contributed by atoms with van der Waals surface area (Å²) in [5.41, 5.74) is 2.68. The lowest BCUT2D eigenvalue weighted by atomic mass is 9.67. The predicted molar refractivity (Wildman–Crippen MR) is 175 cm³/mol. The van der Waals surface area contributed by atoms with E-state index in [0.29, 0.717) is 50.4 Å². The third-order valence-electron chi connectivity index (χ3n) is 9.69. The Hall–Kier alpha value is -5.72. The number of ketones is 2. The minimum Gasteiger partial charge on any atom is -0.508 e. The van der Waals surface area contributed by atoms with Crippen LogP contribution in [0, 0.1) is 6.92 Å². The van der Waals surface area contributed by atoms with Crippen LogP contribution in [0.3, 0.4) is 0 Å². The summed E-state index contributed by atoms with van der Waals surface area (Å²) < 4.78 is 16.0. The number of phenolic OH excluding ortho intramolecular Hbond substituents is 1. The van der Waals surface area contributed by atoms with Crippen LogP contribution in [0.25, 0.3) is 11.0 Å². The Labute approximate surface area is 273 Å². The monoisotopic (exact) mass is 651 g/mol. The highest BCUT2D eigenvalue weighted by Gasteiger charge is 2.44. The first-order valence-electron chi connectivity index (χ1n) is 15.5. The van der Waals surface area contributed by atoms with Crippen LogP contribution in [-0.4, -0.2) is 54.4 Å². The van der Waals surface area contributed by atoms with Crippen molar-refractivity contribution in [3.8, 4) is 17.2 Å². The van der Waals surface area contributed by atoms with E-state index < -0.39 is 23.3 Å². The van der Waals surface area contributed by atoms with Crippen molar-refractivity contribution in [2.45, 2.75) is 51.7 Å². The van der Waals surface area contributed by atoms with Crippen LogP contribution in [0.2, 0.25) is 0 Å². The molecule has 1 N–H and O–H groups in total. The van der Waals surface area contributed by atoms with Crippen molar-refractivity contribution in [2.75, 3.05) is 14.2 Å². The molecule has 2 aromatic carbocycles. The lowest BCUT2D eigenvalue weighted by molar-refractivity contribution is -0.116. The van der Waals surface area contributed by atoms with E-state index in [-0.39, 0.29) is 54.5 Å². The van der Waals surface area contributed by atoms with Crippen LogP contribution in [-0.2, 0) is 36.1 Å². The number of allylic oxidation sites excluding steroid dienone is 6. The molecule has 13 heteroatoms. The van der Waals surface area contributed by atoms with E-state index in [1.165, 1.54) is 34.2 Å². The second-order valence-corrected chi connectivity index (χ2v) is 12.3. The number of Topliss-reactive ketones (excluding diaryl/α,β-unsaturated/α-hetero) is 1. The van der Waals surface area contributed by atoms with Gasteiger partial charge in [-0.05, 0) is 42.7 Å². The smallest absolute Gasteiger partial charge is 0.347 e. The first kappa shape index (κ1) is 30.9. The number of phenols is 1. The zero-order valence-corrected chi connectivity index (χ0v) is 27.1. The minimum absolute atomic E-state index is 0.00282. The van der Waals surface area contributed by atoms with E-state index in [0.717, 1.165) is 10.1 Å². The van der Waals surface area contributed by atoms with E-state index in [2.05, 4.69) is 4.98 Å². The maximum absolute atomic E-state index is 14.1. The van der Waals surface area contributed by atoms with E-state index in [9.17, 15) is 29.1 Å². The van der Waals surface area contributed by atoms with Crippen LogP contribution < -0.4 is 26.4 Å². The van der Waals surface area contributed by atoms with Gasteiger partial charge < -0.3 is 19.1 Å². The van der Waals surface area contributed by atoms with Gasteiger partial charge >= 0.3 is 11.4 Å². The third-order valence-corrected chi connectivity index (χ3v) is 9.69. The Balaban J connectivity index is 1.29. The summed E-state index contributed by atoms with van der Waals surface area (Å²) in [5.74, 6) is -0.223. The molecule has 2 aromatic heterocycles. The van der Waals surface area contributed by atoms with Crippen LogP contribution >= 0.6 is 0 Å². The molecule has 4 aromatic rings. The number of carbonyl (C=O) groups excluding carboxylic acids is 2. The fraction of sp³-hybridized carbons (Fsp3) is 0.314. The second kappa shape index (κ2) is 11.2. The molecule has 0 bridgehead atoms. The van der Waals surface area contributed by atoms with Gasteiger partial charge in [-0.15, -0.1) is 0 Å². The molecule has 0 spiro atoms. The maximum atomic E-state index is 14.1. The number of rotatable bonds is 6. The lowest BCUT2D eigenvalue weighted by Crippen LogP contribution is -2.40. The average Bonchev–Trinajstić information content (AvgIpc) is 3.32. The van der Waals surface area contributed by atoms with Crippen molar-refractivity contribution >= 4 is 22.6 Å². The highest BCUT2D eigenvalue weighted by Crippen LogP contribution is 2.50. The Morgan fingerprint density at radius 3 is 2.42 bits per heavy atom. The predicted octanol–water partition coefficient (Wildman–Crippen LogP) is 2.40. The Kier molecular flexibility index (Phi) is 7.22. The highest BCUT2D eigenvalue weighted by atomic mass is 16.5. The number of hydrogen-bond donors (Lipinski definition) is 1. The number of methoxy groups -OCH3 is 2. The first-order chi connectivity index (χ1) is 22.9. The molecular formula is C35H33N5O8. The first-order valence-corrected chi connectivity index (χ1v) is 15.5. The van der Waals surface area contributed by atoms with Crippen LogP contribution in [0.4, 0.5) is 0 Å². The molecule has 48 heavy (non-hydrogen) atoms. The number of nitrogens with zero attached hydrogens (tertiary/aromatic N) is 5. The van der Waals surface area contributed by atoms with Crippen molar-refractivity contribution < 1.29 is 24.2 Å². The maximum Gasteiger partial charge on any atom is 0.347 e. The summed E-state index contributed by atoms with van der Waals surface area (Å²) >= 11 is 0. The van der Waals surface area contributed by atoms with Gasteiger partial charge in [0, 0.05) is 61.2 Å². The van der Waals surface area contributed by atoms with Gasteiger partial charge in [0.25, 0.3) is 5.56 Å². The van der Waals surface area contributed by atoms with Gasteiger partial charge in [-0.3, -0.25) is 14.4 Å². The number of aromatic nitrogens is 5. The Morgan fingerprint density at radius 2 is 1.71 bits per heavy atom. The largest absolute Gasteiger partial charge is 0.508 e. The summed E-state index contributed by atoms with van der Waals surface area (Å²) in [5, 5.41) is 10.2. The van der Waals surface area contributed by atoms with Crippen molar-refractivity contribution in [1.29, 1.82) is 0 Å². The van der Waals surface area contributed by atoms with Crippen LogP contribution in [0.1, 0.15) is 42.1 Å². The van der Waals surface area contributed by atoms with Gasteiger partial charge in [-0.1, -0.05) is 18.2 Å². The number of fused-ring (bicyclic) bond motifs is 4. The number of hydrogen-bond acceptors (Lipinski definition) is 9. The molecular weight excluding hydrogens is 618 g/mol. The van der Waals surface area contributed by atoms with Gasteiger partial charge in [0.15, 0.2) is 23.1 Å². The standard InChI is InChI=1S/C35H33N5O8/c1-17-12-19(6-7-26(17)41)30-20-8-11-39-34(45)38(35(46)40(39)24(20)14-21-27(42)13-18(2)32(43)31(21)30)10-9-22-33(44)37(3)25-16-29(48-5)28(47-4)15-23(25)36-22/h6-8,12-13,15-16,24,30,41H,9-11,14H2,1-5H3. The Bertz CT molecular complexity index is 2380. The average molecular weight is 652 g/mol. The van der Waals surface area contributed by atoms with E-state index in [1.54, 1.807) is 51.2 Å². The van der Waals surface area contributed by atoms with Crippen molar-refractivity contribution in [1.82, 2.24) is 23.5 Å². The highest BCUT2D eigenvalue weighted by molar-refractivity contribution is 6.23. The number of ether oxygens (including phenoxy) is 2. The van der Waals surface area contributed by atoms with E-state index in [1.807, 2.05) is 6.08 Å². The molecule has 2 unspecified atom stereocenters. The second-order valence-electron chi connectivity index (χ2n) is 12.3. The SMILES string of the molecule is COc1cc2nc(CCn3c(=O)n4n(c3=O)C3CC5=C(C(=O)C(C)=CC5=O)C(c5ccc(O)c(C)c5)C3=CC4)c(=O)n(C)c2cc1OC. The van der Waals surface area contributed by atoms with Gasteiger partial charge in [0.05, 0.1) is 37.8 Å². The molecule has 2 atom stereocenters. The van der Waals surface area contributed by atoms with E-state index >= 15 is 0 Å². The summed E-state index contributed by atoms with van der Waals surface area (Å²) in [6.45, 7) is 3.31. The molecule has 2 aliphatic carbocycles. The molecule has 0 radical (unpaired) electrons. The molecule has 3 heterocycles. The van der Waals surface area contributed by atoms with Crippen molar-refractivity contribution in [3.63, 3.8) is 0 Å².